The van der Waals surface area contributed by atoms with E-state index in [1.165, 1.54) is 308 Å². The van der Waals surface area contributed by atoms with E-state index in [0.717, 1.165) is 51.4 Å². The Morgan fingerprint density at radius 2 is 0.650 bits per heavy atom. The number of carbonyl (C=O) groups excluding carboxylic acids is 2. The van der Waals surface area contributed by atoms with Crippen molar-refractivity contribution in [1.82, 2.24) is 5.32 Å². The van der Waals surface area contributed by atoms with Crippen LogP contribution in [0.15, 0.2) is 48.6 Å². The molecule has 0 aliphatic heterocycles. The molecule has 0 heterocycles. The third-order valence-electron chi connectivity index (χ3n) is 16.5. The van der Waals surface area contributed by atoms with Gasteiger partial charge >= 0.3 is 5.97 Å². The van der Waals surface area contributed by atoms with Crippen molar-refractivity contribution < 1.29 is 24.5 Å². The van der Waals surface area contributed by atoms with Gasteiger partial charge in [-0.15, -0.1) is 0 Å². The molecule has 0 saturated carbocycles. The fraction of sp³-hybridized carbons (Fsp3) is 0.865. The fourth-order valence-corrected chi connectivity index (χ4v) is 11.1. The topological polar surface area (TPSA) is 95.9 Å². The van der Waals surface area contributed by atoms with Crippen LogP contribution in [0.3, 0.4) is 0 Å². The summed E-state index contributed by atoms with van der Waals surface area (Å²) in [5.74, 6) is -0.0676. The minimum atomic E-state index is -0.848. The van der Waals surface area contributed by atoms with E-state index in [4.69, 9.17) is 4.74 Å². The molecule has 0 aliphatic rings. The van der Waals surface area contributed by atoms with Gasteiger partial charge in [0, 0.05) is 12.8 Å². The lowest BCUT2D eigenvalue weighted by atomic mass is 10.0. The molecule has 3 N–H and O–H groups in total. The summed E-state index contributed by atoms with van der Waals surface area (Å²) in [6, 6.07) is -0.632. The number of carbonyl (C=O) groups is 2. The molecule has 2 unspecified atom stereocenters. The number of unbranched alkanes of at least 4 members (excludes halogenated alkanes) is 50. The lowest BCUT2D eigenvalue weighted by Gasteiger charge is -2.20. The highest BCUT2D eigenvalue weighted by atomic mass is 16.5. The molecule has 470 valence electrons. The van der Waals surface area contributed by atoms with E-state index in [1.54, 1.807) is 6.08 Å². The molecule has 6 nitrogen and oxygen atoms in total. The molecule has 6 heteroatoms. The standard InChI is InChI=1S/C74H139NO5/c1-3-5-7-9-11-13-15-17-18-19-20-21-22-27-30-33-36-39-43-46-50-54-58-62-66-72(77)71(70-76)75-73(78)67-63-59-55-51-47-44-40-37-34-31-28-25-23-24-26-29-32-35-38-41-45-49-53-57-61-65-69-80-74(79)68-64-60-56-52-48-42-16-14-12-10-8-6-4-2/h8,10,14,16,23,25,62,66,71-72,76-77H,3-7,9,11-13,15,17-22,24,26-61,63-65,67-70H2,1-2H3,(H,75,78)/b10-8-,16-14-,25-23-,66-62+. The van der Waals surface area contributed by atoms with E-state index >= 15 is 0 Å². The molecule has 0 bridgehead atoms. The van der Waals surface area contributed by atoms with Gasteiger partial charge in [-0.3, -0.25) is 9.59 Å². The Morgan fingerprint density at radius 1 is 0.350 bits per heavy atom. The number of ether oxygens (including phenoxy) is 1. The van der Waals surface area contributed by atoms with Crippen molar-refractivity contribution in [3.63, 3.8) is 0 Å². The van der Waals surface area contributed by atoms with Gasteiger partial charge in [0.15, 0.2) is 0 Å². The van der Waals surface area contributed by atoms with E-state index < -0.39 is 12.1 Å². The van der Waals surface area contributed by atoms with Crippen LogP contribution >= 0.6 is 0 Å². The van der Waals surface area contributed by atoms with E-state index in [9.17, 15) is 19.8 Å². The maximum Gasteiger partial charge on any atom is 0.305 e. The monoisotopic (exact) mass is 1120 g/mol. The third-order valence-corrected chi connectivity index (χ3v) is 16.5. The summed E-state index contributed by atoms with van der Waals surface area (Å²) >= 11 is 0. The highest BCUT2D eigenvalue weighted by Gasteiger charge is 2.18. The van der Waals surface area contributed by atoms with Crippen LogP contribution in [0.1, 0.15) is 386 Å². The molecule has 0 aromatic rings. The molecule has 0 aromatic heterocycles. The number of aliphatic hydroxyl groups excluding tert-OH is 2. The van der Waals surface area contributed by atoms with Crippen molar-refractivity contribution in [2.24, 2.45) is 0 Å². The van der Waals surface area contributed by atoms with E-state index in [2.05, 4.69) is 55.6 Å². The van der Waals surface area contributed by atoms with Gasteiger partial charge < -0.3 is 20.3 Å². The Morgan fingerprint density at radius 3 is 1.01 bits per heavy atom. The Labute approximate surface area is 499 Å². The predicted octanol–water partition coefficient (Wildman–Crippen LogP) is 23.3. The molecule has 80 heavy (non-hydrogen) atoms. The van der Waals surface area contributed by atoms with Crippen molar-refractivity contribution in [2.45, 2.75) is 398 Å². The quantitative estimate of drug-likeness (QED) is 0.0320. The average molecular weight is 1120 g/mol. The first-order valence-corrected chi connectivity index (χ1v) is 35.9. The summed E-state index contributed by atoms with van der Waals surface area (Å²) in [6.07, 6.45) is 90.5. The van der Waals surface area contributed by atoms with Gasteiger partial charge in [0.2, 0.25) is 5.91 Å². The number of nitrogens with one attached hydrogen (secondary N) is 1. The number of hydrogen-bond donors (Lipinski definition) is 3. The first kappa shape index (κ1) is 77.8. The largest absolute Gasteiger partial charge is 0.466 e. The molecular weight excluding hydrogens is 983 g/mol. The molecule has 0 aromatic carbocycles. The van der Waals surface area contributed by atoms with Crippen LogP contribution < -0.4 is 5.32 Å². The molecule has 0 fully saturated rings. The zero-order valence-electron chi connectivity index (χ0n) is 53.8. The Bertz CT molecular complexity index is 1340. The smallest absolute Gasteiger partial charge is 0.305 e. The molecule has 2 atom stereocenters. The second kappa shape index (κ2) is 69.3. The zero-order chi connectivity index (χ0) is 57.8. The third kappa shape index (κ3) is 65.0. The maximum absolute atomic E-state index is 12.5. The summed E-state index contributed by atoms with van der Waals surface area (Å²) in [7, 11) is 0. The van der Waals surface area contributed by atoms with Crippen LogP contribution in [0.4, 0.5) is 0 Å². The minimum absolute atomic E-state index is 0.00130. The number of esters is 1. The lowest BCUT2D eigenvalue weighted by Crippen LogP contribution is -2.45. The highest BCUT2D eigenvalue weighted by Crippen LogP contribution is 2.18. The summed E-state index contributed by atoms with van der Waals surface area (Å²) in [5, 5.41) is 23.3. The minimum Gasteiger partial charge on any atom is -0.466 e. The van der Waals surface area contributed by atoms with Gasteiger partial charge in [0.1, 0.15) is 0 Å². The van der Waals surface area contributed by atoms with Gasteiger partial charge in [-0.25, -0.2) is 0 Å². The molecule has 1 amide bonds. The van der Waals surface area contributed by atoms with Gasteiger partial charge in [0.05, 0.1) is 25.4 Å². The summed E-state index contributed by atoms with van der Waals surface area (Å²) in [4.78, 5) is 24.6. The van der Waals surface area contributed by atoms with Gasteiger partial charge in [-0.2, -0.15) is 0 Å². The molecule has 0 saturated heterocycles. The van der Waals surface area contributed by atoms with Crippen LogP contribution in [-0.2, 0) is 14.3 Å². The molecule has 0 aliphatic carbocycles. The van der Waals surface area contributed by atoms with Crippen LogP contribution in [0.2, 0.25) is 0 Å². The molecule has 0 spiro atoms. The van der Waals surface area contributed by atoms with Crippen molar-refractivity contribution in [3.05, 3.63) is 48.6 Å². The summed E-state index contributed by atoms with van der Waals surface area (Å²) < 4.78 is 5.47. The van der Waals surface area contributed by atoms with Crippen molar-refractivity contribution in [3.8, 4) is 0 Å². The number of rotatable bonds is 67. The number of allylic oxidation sites excluding steroid dienone is 7. The van der Waals surface area contributed by atoms with Crippen molar-refractivity contribution in [1.29, 1.82) is 0 Å². The average Bonchev–Trinajstić information content (AvgIpc) is 3.46. The van der Waals surface area contributed by atoms with Crippen LogP contribution in [0.5, 0.6) is 0 Å². The second-order valence-electron chi connectivity index (χ2n) is 24.6. The SMILES string of the molecule is CCC/C=C\C/C=C\CCCCCCCC(=O)OCCCCCCCCCCCCCC/C=C\CCCCCCCCCCCCC(=O)NC(CO)C(O)/C=C/CCCCCCCCCCCCCCCCCCCCCCCC. The summed E-state index contributed by atoms with van der Waals surface area (Å²) in [6.45, 7) is 4.86. The van der Waals surface area contributed by atoms with E-state index in [-0.39, 0.29) is 18.5 Å². The molecular formula is C74H139NO5. The predicted molar refractivity (Wildman–Crippen MR) is 352 cm³/mol. The van der Waals surface area contributed by atoms with Gasteiger partial charge in [-0.05, 0) is 83.5 Å². The summed E-state index contributed by atoms with van der Waals surface area (Å²) in [5.41, 5.74) is 0. The van der Waals surface area contributed by atoms with Crippen LogP contribution in [0, 0.1) is 0 Å². The maximum atomic E-state index is 12.5. The van der Waals surface area contributed by atoms with Crippen molar-refractivity contribution in [2.75, 3.05) is 13.2 Å². The fourth-order valence-electron chi connectivity index (χ4n) is 11.1. The molecule has 0 rings (SSSR count). The van der Waals surface area contributed by atoms with E-state index in [1.807, 2.05) is 6.08 Å². The Balaban J connectivity index is 3.43. The van der Waals surface area contributed by atoms with Crippen LogP contribution in [-0.4, -0.2) is 47.4 Å². The number of amides is 1. The first-order chi connectivity index (χ1) is 39.5. The second-order valence-corrected chi connectivity index (χ2v) is 24.6. The van der Waals surface area contributed by atoms with E-state index in [0.29, 0.717) is 19.4 Å². The lowest BCUT2D eigenvalue weighted by molar-refractivity contribution is -0.143. The van der Waals surface area contributed by atoms with Crippen molar-refractivity contribution >= 4 is 11.9 Å². The number of aliphatic hydroxyl groups is 2. The van der Waals surface area contributed by atoms with Gasteiger partial charge in [0.25, 0.3) is 0 Å². The van der Waals surface area contributed by atoms with Gasteiger partial charge in [-0.1, -0.05) is 339 Å². The molecule has 0 radical (unpaired) electrons. The van der Waals surface area contributed by atoms with Crippen LogP contribution in [0.25, 0.3) is 0 Å². The normalized spacial score (nSPS) is 12.8. The number of hydrogen-bond acceptors (Lipinski definition) is 5. The first-order valence-electron chi connectivity index (χ1n) is 35.9. The Kier molecular flexibility index (Phi) is 67.4. The highest BCUT2D eigenvalue weighted by molar-refractivity contribution is 5.76. The zero-order valence-corrected chi connectivity index (χ0v) is 53.8. The Hall–Kier alpha value is -2.18.